The van der Waals surface area contributed by atoms with Crippen LogP contribution in [-0.2, 0) is 16.1 Å². The highest BCUT2D eigenvalue weighted by molar-refractivity contribution is 9.10. The summed E-state index contributed by atoms with van der Waals surface area (Å²) in [5.41, 5.74) is 2.24. The minimum atomic E-state index is -0.396. The van der Waals surface area contributed by atoms with Gasteiger partial charge in [0.1, 0.15) is 6.54 Å². The number of carbonyl (C=O) groups is 2. The zero-order chi connectivity index (χ0) is 18.0. The summed E-state index contributed by atoms with van der Waals surface area (Å²) >= 11 is 4.79. The van der Waals surface area contributed by atoms with Crippen molar-refractivity contribution >= 4 is 49.4 Å². The fourth-order valence-electron chi connectivity index (χ4n) is 2.44. The van der Waals surface area contributed by atoms with Crippen LogP contribution in [0.1, 0.15) is 15.9 Å². The van der Waals surface area contributed by atoms with E-state index in [9.17, 15) is 9.59 Å². The van der Waals surface area contributed by atoms with E-state index in [-0.39, 0.29) is 12.5 Å². The number of amides is 1. The molecule has 0 bridgehead atoms. The van der Waals surface area contributed by atoms with E-state index >= 15 is 0 Å². The third-order valence-corrected chi connectivity index (χ3v) is 5.27. The van der Waals surface area contributed by atoms with Crippen molar-refractivity contribution in [3.05, 3.63) is 62.9 Å². The van der Waals surface area contributed by atoms with E-state index in [4.69, 9.17) is 4.74 Å². The Morgan fingerprint density at radius 3 is 2.72 bits per heavy atom. The third-order valence-electron chi connectivity index (χ3n) is 3.73. The predicted octanol–water partition coefficient (Wildman–Crippen LogP) is 3.69. The SMILES string of the molecule is COC(=O)Cn1c(=NC(=O)c2ccccc2C)sc2cc(Br)ccc21. The number of benzene rings is 2. The first-order chi connectivity index (χ1) is 12.0. The number of aromatic nitrogens is 1. The molecule has 0 fully saturated rings. The first kappa shape index (κ1) is 17.6. The van der Waals surface area contributed by atoms with Crippen LogP contribution in [0.5, 0.6) is 0 Å². The van der Waals surface area contributed by atoms with Crippen LogP contribution in [0, 0.1) is 6.92 Å². The largest absolute Gasteiger partial charge is 0.468 e. The van der Waals surface area contributed by atoms with Gasteiger partial charge in [-0.25, -0.2) is 0 Å². The molecule has 1 heterocycles. The second kappa shape index (κ2) is 7.33. The van der Waals surface area contributed by atoms with Gasteiger partial charge < -0.3 is 9.30 Å². The first-order valence-corrected chi connectivity index (χ1v) is 9.11. The number of hydrogen-bond donors (Lipinski definition) is 0. The number of thiazole rings is 1. The lowest BCUT2D eigenvalue weighted by atomic mass is 10.1. The molecule has 5 nitrogen and oxygen atoms in total. The van der Waals surface area contributed by atoms with Crippen molar-refractivity contribution in [3.63, 3.8) is 0 Å². The highest BCUT2D eigenvalue weighted by Crippen LogP contribution is 2.22. The molecule has 0 unspecified atom stereocenters. The van der Waals surface area contributed by atoms with Crippen molar-refractivity contribution in [2.24, 2.45) is 4.99 Å². The van der Waals surface area contributed by atoms with E-state index < -0.39 is 5.97 Å². The van der Waals surface area contributed by atoms with Gasteiger partial charge >= 0.3 is 5.97 Å². The lowest BCUT2D eigenvalue weighted by Gasteiger charge is -2.04. The molecule has 128 valence electrons. The number of fused-ring (bicyclic) bond motifs is 1. The Bertz CT molecular complexity index is 1040. The van der Waals surface area contributed by atoms with Gasteiger partial charge in [0.15, 0.2) is 4.80 Å². The summed E-state index contributed by atoms with van der Waals surface area (Å²) in [6.45, 7) is 1.87. The van der Waals surface area contributed by atoms with Crippen LogP contribution in [0.3, 0.4) is 0 Å². The summed E-state index contributed by atoms with van der Waals surface area (Å²) < 4.78 is 8.32. The Morgan fingerprint density at radius 2 is 2.00 bits per heavy atom. The van der Waals surface area contributed by atoms with Crippen LogP contribution in [0.25, 0.3) is 10.2 Å². The van der Waals surface area contributed by atoms with Crippen molar-refractivity contribution in [2.45, 2.75) is 13.5 Å². The molecule has 0 aliphatic carbocycles. The van der Waals surface area contributed by atoms with Crippen molar-refractivity contribution in [3.8, 4) is 0 Å². The van der Waals surface area contributed by atoms with Gasteiger partial charge in [-0.2, -0.15) is 4.99 Å². The summed E-state index contributed by atoms with van der Waals surface area (Å²) in [6.07, 6.45) is 0. The van der Waals surface area contributed by atoms with Crippen LogP contribution in [0.4, 0.5) is 0 Å². The standard InChI is InChI=1S/C18H15BrN2O3S/c1-11-5-3-4-6-13(11)17(23)20-18-21(10-16(22)24-2)14-8-7-12(19)9-15(14)25-18/h3-9H,10H2,1-2H3. The Morgan fingerprint density at radius 1 is 1.24 bits per heavy atom. The van der Waals surface area contributed by atoms with Gasteiger partial charge in [0.05, 0.1) is 17.3 Å². The summed E-state index contributed by atoms with van der Waals surface area (Å²) in [4.78, 5) is 29.1. The smallest absolute Gasteiger partial charge is 0.325 e. The summed E-state index contributed by atoms with van der Waals surface area (Å²) in [7, 11) is 1.34. The third kappa shape index (κ3) is 3.72. The Labute approximate surface area is 156 Å². The normalized spacial score (nSPS) is 11.7. The lowest BCUT2D eigenvalue weighted by molar-refractivity contribution is -0.141. The van der Waals surface area contributed by atoms with Crippen LogP contribution in [0.2, 0.25) is 0 Å². The van der Waals surface area contributed by atoms with Crippen molar-refractivity contribution in [1.29, 1.82) is 0 Å². The molecule has 3 aromatic rings. The molecule has 1 amide bonds. The average molecular weight is 419 g/mol. The molecule has 2 aromatic carbocycles. The quantitative estimate of drug-likeness (QED) is 0.609. The van der Waals surface area contributed by atoms with Crippen LogP contribution in [-0.4, -0.2) is 23.6 Å². The monoisotopic (exact) mass is 418 g/mol. The molecule has 0 saturated heterocycles. The molecular formula is C18H15BrN2O3S. The van der Waals surface area contributed by atoms with Gasteiger partial charge in [-0.1, -0.05) is 45.5 Å². The van der Waals surface area contributed by atoms with Crippen LogP contribution >= 0.6 is 27.3 Å². The Kier molecular flexibility index (Phi) is 5.15. The van der Waals surface area contributed by atoms with Crippen molar-refractivity contribution < 1.29 is 14.3 Å². The predicted molar refractivity (Wildman–Crippen MR) is 101 cm³/mol. The molecule has 7 heteroatoms. The molecule has 0 atom stereocenters. The summed E-state index contributed by atoms with van der Waals surface area (Å²) in [5, 5.41) is 0. The van der Waals surface area contributed by atoms with E-state index in [1.54, 1.807) is 16.7 Å². The maximum absolute atomic E-state index is 12.6. The summed E-state index contributed by atoms with van der Waals surface area (Å²) in [5.74, 6) is -0.727. The summed E-state index contributed by atoms with van der Waals surface area (Å²) in [6, 6.07) is 13.0. The van der Waals surface area contributed by atoms with E-state index in [2.05, 4.69) is 20.9 Å². The number of nitrogens with zero attached hydrogens (tertiary/aromatic N) is 2. The second-order valence-electron chi connectivity index (χ2n) is 5.39. The average Bonchev–Trinajstić information content (AvgIpc) is 2.91. The maximum Gasteiger partial charge on any atom is 0.325 e. The molecule has 0 spiro atoms. The molecule has 0 aliphatic heterocycles. The molecular weight excluding hydrogens is 404 g/mol. The van der Waals surface area contributed by atoms with Gasteiger partial charge in [0, 0.05) is 10.0 Å². The topological polar surface area (TPSA) is 60.7 Å². The minimum Gasteiger partial charge on any atom is -0.468 e. The van der Waals surface area contributed by atoms with Gasteiger partial charge in [0.2, 0.25) is 0 Å². The molecule has 0 radical (unpaired) electrons. The maximum atomic E-state index is 12.6. The number of halogens is 1. The fraction of sp³-hybridized carbons (Fsp3) is 0.167. The number of methoxy groups -OCH3 is 1. The number of esters is 1. The Hall–Kier alpha value is -2.25. The second-order valence-corrected chi connectivity index (χ2v) is 7.32. The zero-order valence-electron chi connectivity index (χ0n) is 13.7. The fourth-order valence-corrected chi connectivity index (χ4v) is 4.02. The number of carbonyl (C=O) groups excluding carboxylic acids is 2. The zero-order valence-corrected chi connectivity index (χ0v) is 16.1. The van der Waals surface area contributed by atoms with Crippen LogP contribution in [0.15, 0.2) is 51.9 Å². The first-order valence-electron chi connectivity index (χ1n) is 7.50. The van der Waals surface area contributed by atoms with Gasteiger partial charge in [0.25, 0.3) is 5.91 Å². The van der Waals surface area contributed by atoms with Gasteiger partial charge in [-0.3, -0.25) is 9.59 Å². The molecule has 3 rings (SSSR count). The number of aryl methyl sites for hydroxylation is 1. The minimum absolute atomic E-state index is 0.00197. The molecule has 1 aromatic heterocycles. The van der Waals surface area contributed by atoms with Crippen LogP contribution < -0.4 is 4.80 Å². The molecule has 0 saturated carbocycles. The van der Waals surface area contributed by atoms with E-state index in [0.717, 1.165) is 20.3 Å². The van der Waals surface area contributed by atoms with E-state index in [1.165, 1.54) is 18.4 Å². The highest BCUT2D eigenvalue weighted by atomic mass is 79.9. The molecule has 0 N–H and O–H groups in total. The highest BCUT2D eigenvalue weighted by Gasteiger charge is 2.13. The number of ether oxygens (including phenoxy) is 1. The van der Waals surface area contributed by atoms with E-state index in [0.29, 0.717) is 10.4 Å². The van der Waals surface area contributed by atoms with Crippen molar-refractivity contribution in [2.75, 3.05) is 7.11 Å². The van der Waals surface area contributed by atoms with E-state index in [1.807, 2.05) is 37.3 Å². The lowest BCUT2D eigenvalue weighted by Crippen LogP contribution is -2.22. The van der Waals surface area contributed by atoms with Gasteiger partial charge in [-0.15, -0.1) is 0 Å². The van der Waals surface area contributed by atoms with Gasteiger partial charge in [-0.05, 0) is 36.8 Å². The number of rotatable bonds is 3. The van der Waals surface area contributed by atoms with Crippen molar-refractivity contribution in [1.82, 2.24) is 4.57 Å². The molecule has 25 heavy (non-hydrogen) atoms. The molecule has 0 aliphatic rings. The number of hydrogen-bond acceptors (Lipinski definition) is 4. The Balaban J connectivity index is 2.17.